The molecule has 0 aromatic heterocycles. The molecule has 0 fully saturated rings. The van der Waals surface area contributed by atoms with Crippen LogP contribution >= 0.6 is 12.2 Å². The van der Waals surface area contributed by atoms with Gasteiger partial charge in [-0.25, -0.2) is 0 Å². The van der Waals surface area contributed by atoms with E-state index in [-0.39, 0.29) is 6.10 Å². The smallest absolute Gasteiger partial charge is 0.191 e. The Hall–Kier alpha value is -0.890. The van der Waals surface area contributed by atoms with Gasteiger partial charge >= 0.3 is 0 Å². The molecule has 0 radical (unpaired) electrons. The van der Waals surface area contributed by atoms with Crippen molar-refractivity contribution in [1.82, 2.24) is 0 Å². The first-order valence-corrected chi connectivity index (χ1v) is 6.44. The maximum atomic E-state index is 5.85. The minimum Gasteiger partial charge on any atom is -0.480 e. The van der Waals surface area contributed by atoms with E-state index in [1.165, 1.54) is 0 Å². The Bertz CT molecular complexity index is 302. The van der Waals surface area contributed by atoms with Crippen molar-refractivity contribution in [2.75, 3.05) is 0 Å². The average molecular weight is 236 g/mol. The average Bonchev–Trinajstić information content (AvgIpc) is 2.31. The number of rotatable bonds is 6. The van der Waals surface area contributed by atoms with Crippen LogP contribution in [-0.2, 0) is 4.74 Å². The molecule has 0 aliphatic heterocycles. The highest BCUT2D eigenvalue weighted by Gasteiger charge is 2.11. The Morgan fingerprint density at radius 3 is 2.19 bits per heavy atom. The van der Waals surface area contributed by atoms with E-state index >= 15 is 0 Å². The van der Waals surface area contributed by atoms with Crippen molar-refractivity contribution < 1.29 is 4.74 Å². The molecule has 0 saturated carbocycles. The van der Waals surface area contributed by atoms with E-state index in [9.17, 15) is 0 Å². The summed E-state index contributed by atoms with van der Waals surface area (Å²) >= 11 is 5.30. The van der Waals surface area contributed by atoms with Gasteiger partial charge in [0.25, 0.3) is 0 Å². The van der Waals surface area contributed by atoms with Gasteiger partial charge in [0.1, 0.15) is 0 Å². The zero-order chi connectivity index (χ0) is 11.8. The van der Waals surface area contributed by atoms with Gasteiger partial charge in [0.15, 0.2) is 5.05 Å². The molecule has 0 aliphatic rings. The molecule has 0 heterocycles. The molecule has 0 aliphatic carbocycles. The van der Waals surface area contributed by atoms with Crippen LogP contribution in [0.5, 0.6) is 0 Å². The molecule has 1 rings (SSSR count). The maximum Gasteiger partial charge on any atom is 0.191 e. The van der Waals surface area contributed by atoms with E-state index < -0.39 is 0 Å². The van der Waals surface area contributed by atoms with Crippen LogP contribution < -0.4 is 0 Å². The predicted molar refractivity (Wildman–Crippen MR) is 72.8 cm³/mol. The van der Waals surface area contributed by atoms with Gasteiger partial charge < -0.3 is 4.74 Å². The Morgan fingerprint density at radius 1 is 1.12 bits per heavy atom. The predicted octanol–water partition coefficient (Wildman–Crippen LogP) is 4.35. The quantitative estimate of drug-likeness (QED) is 0.679. The van der Waals surface area contributed by atoms with Gasteiger partial charge in [-0.05, 0) is 25.1 Å². The second kappa shape index (κ2) is 7.39. The molecule has 88 valence electrons. The van der Waals surface area contributed by atoms with Gasteiger partial charge in [-0.1, -0.05) is 57.0 Å². The van der Waals surface area contributed by atoms with Crippen molar-refractivity contribution in [2.24, 2.45) is 0 Å². The molecule has 0 amide bonds. The molecular formula is C14H20OS. The maximum absolute atomic E-state index is 5.85. The van der Waals surface area contributed by atoms with Gasteiger partial charge in [-0.15, -0.1) is 0 Å². The van der Waals surface area contributed by atoms with Crippen LogP contribution in [0.1, 0.15) is 45.1 Å². The van der Waals surface area contributed by atoms with Crippen molar-refractivity contribution in [3.8, 4) is 0 Å². The van der Waals surface area contributed by atoms with E-state index in [1.807, 2.05) is 30.3 Å². The SMILES string of the molecule is CCCC(CCC)OC(=S)c1ccccc1. The molecule has 1 nitrogen and oxygen atoms in total. The summed E-state index contributed by atoms with van der Waals surface area (Å²) in [5, 5.41) is 0.632. The second-order valence-electron chi connectivity index (χ2n) is 3.97. The Kier molecular flexibility index (Phi) is 6.09. The fraction of sp³-hybridized carbons (Fsp3) is 0.500. The summed E-state index contributed by atoms with van der Waals surface area (Å²) in [6.07, 6.45) is 4.73. The Balaban J connectivity index is 2.54. The van der Waals surface area contributed by atoms with Crippen molar-refractivity contribution in [3.05, 3.63) is 35.9 Å². The molecule has 1 aromatic rings. The lowest BCUT2D eigenvalue weighted by molar-refractivity contribution is 0.172. The van der Waals surface area contributed by atoms with Gasteiger partial charge in [0.2, 0.25) is 0 Å². The van der Waals surface area contributed by atoms with Crippen LogP contribution in [0.15, 0.2) is 30.3 Å². The van der Waals surface area contributed by atoms with Crippen molar-refractivity contribution in [2.45, 2.75) is 45.6 Å². The number of hydrogen-bond donors (Lipinski definition) is 0. The van der Waals surface area contributed by atoms with Gasteiger partial charge in [-0.2, -0.15) is 0 Å². The number of benzene rings is 1. The van der Waals surface area contributed by atoms with E-state index in [4.69, 9.17) is 17.0 Å². The zero-order valence-electron chi connectivity index (χ0n) is 10.1. The minimum absolute atomic E-state index is 0.280. The molecule has 2 heteroatoms. The fourth-order valence-electron chi connectivity index (χ4n) is 1.70. The summed E-state index contributed by atoms with van der Waals surface area (Å²) < 4.78 is 5.85. The number of hydrogen-bond acceptors (Lipinski definition) is 2. The van der Waals surface area contributed by atoms with E-state index in [0.717, 1.165) is 31.2 Å². The Labute approximate surface area is 104 Å². The van der Waals surface area contributed by atoms with Gasteiger partial charge in [0.05, 0.1) is 6.10 Å². The molecule has 0 saturated heterocycles. The number of ether oxygens (including phenoxy) is 1. The summed E-state index contributed by atoms with van der Waals surface area (Å²) in [7, 11) is 0. The Morgan fingerprint density at radius 2 is 1.69 bits per heavy atom. The highest BCUT2D eigenvalue weighted by atomic mass is 32.1. The van der Waals surface area contributed by atoms with Gasteiger partial charge in [-0.3, -0.25) is 0 Å². The van der Waals surface area contributed by atoms with Crippen molar-refractivity contribution in [3.63, 3.8) is 0 Å². The molecule has 0 N–H and O–H groups in total. The lowest BCUT2D eigenvalue weighted by Crippen LogP contribution is -2.17. The molecule has 0 spiro atoms. The summed E-state index contributed by atoms with van der Waals surface area (Å²) in [6.45, 7) is 4.36. The van der Waals surface area contributed by atoms with E-state index in [0.29, 0.717) is 5.05 Å². The minimum atomic E-state index is 0.280. The fourth-order valence-corrected chi connectivity index (χ4v) is 1.97. The van der Waals surface area contributed by atoms with Gasteiger partial charge in [0, 0.05) is 5.56 Å². The zero-order valence-corrected chi connectivity index (χ0v) is 10.9. The monoisotopic (exact) mass is 236 g/mol. The van der Waals surface area contributed by atoms with E-state index in [2.05, 4.69) is 13.8 Å². The third-order valence-electron chi connectivity index (χ3n) is 2.50. The van der Waals surface area contributed by atoms with Crippen molar-refractivity contribution in [1.29, 1.82) is 0 Å². The normalized spacial score (nSPS) is 10.4. The highest BCUT2D eigenvalue weighted by molar-refractivity contribution is 7.80. The first kappa shape index (κ1) is 13.2. The summed E-state index contributed by atoms with van der Waals surface area (Å²) in [6, 6.07) is 9.95. The lowest BCUT2D eigenvalue weighted by atomic mass is 10.1. The number of thiocarbonyl (C=S) groups is 1. The molecular weight excluding hydrogens is 216 g/mol. The topological polar surface area (TPSA) is 9.23 Å². The third-order valence-corrected chi connectivity index (χ3v) is 2.84. The third kappa shape index (κ3) is 4.31. The van der Waals surface area contributed by atoms with Crippen LogP contribution in [0, 0.1) is 0 Å². The van der Waals surface area contributed by atoms with Crippen LogP contribution in [-0.4, -0.2) is 11.2 Å². The van der Waals surface area contributed by atoms with Crippen LogP contribution in [0.25, 0.3) is 0 Å². The van der Waals surface area contributed by atoms with Crippen molar-refractivity contribution >= 4 is 17.3 Å². The standard InChI is InChI=1S/C14H20OS/c1-3-8-13(9-4-2)15-14(16)12-10-6-5-7-11-12/h5-7,10-11,13H,3-4,8-9H2,1-2H3. The van der Waals surface area contributed by atoms with Crippen LogP contribution in [0.3, 0.4) is 0 Å². The molecule has 0 atom stereocenters. The van der Waals surface area contributed by atoms with Crippen LogP contribution in [0.4, 0.5) is 0 Å². The molecule has 1 aromatic carbocycles. The van der Waals surface area contributed by atoms with E-state index in [1.54, 1.807) is 0 Å². The lowest BCUT2D eigenvalue weighted by Gasteiger charge is -2.18. The summed E-state index contributed by atoms with van der Waals surface area (Å²) in [4.78, 5) is 0. The van der Waals surface area contributed by atoms with Crippen LogP contribution in [0.2, 0.25) is 0 Å². The first-order valence-electron chi connectivity index (χ1n) is 6.04. The largest absolute Gasteiger partial charge is 0.480 e. The summed E-state index contributed by atoms with van der Waals surface area (Å²) in [5.74, 6) is 0. The molecule has 0 bridgehead atoms. The highest BCUT2D eigenvalue weighted by Crippen LogP contribution is 2.13. The molecule has 0 unspecified atom stereocenters. The molecule has 16 heavy (non-hydrogen) atoms. The first-order chi connectivity index (χ1) is 7.77. The second-order valence-corrected chi connectivity index (χ2v) is 4.34. The summed E-state index contributed by atoms with van der Waals surface area (Å²) in [5.41, 5.74) is 1.01.